The summed E-state index contributed by atoms with van der Waals surface area (Å²) in [5, 5.41) is 4.23. The van der Waals surface area contributed by atoms with Crippen LogP contribution in [0, 0.1) is 5.92 Å². The molecule has 0 atom stereocenters. The number of hydrogen-bond acceptors (Lipinski definition) is 3. The average Bonchev–Trinajstić information content (AvgIpc) is 3.04. The van der Waals surface area contributed by atoms with Crippen LogP contribution in [0.3, 0.4) is 0 Å². The molecule has 1 aromatic heterocycles. The van der Waals surface area contributed by atoms with Crippen LogP contribution in [0.2, 0.25) is 0 Å². The molecule has 1 aliphatic heterocycles. The first-order valence-electron chi connectivity index (χ1n) is 8.34. The fourth-order valence-electron chi connectivity index (χ4n) is 3.26. The number of likely N-dealkylation sites (tertiary alicyclic amines) is 1. The molecule has 0 spiro atoms. The van der Waals surface area contributed by atoms with Crippen molar-refractivity contribution in [1.29, 1.82) is 0 Å². The Kier molecular flexibility index (Phi) is 5.03. The van der Waals surface area contributed by atoms with Crippen LogP contribution in [0.5, 0.6) is 0 Å². The normalized spacial score (nSPS) is 15.5. The third kappa shape index (κ3) is 3.53. The summed E-state index contributed by atoms with van der Waals surface area (Å²) < 4.78 is 4.71. The van der Waals surface area contributed by atoms with E-state index in [-0.39, 0.29) is 17.9 Å². The fourth-order valence-corrected chi connectivity index (χ4v) is 3.26. The number of aromatic amines is 1. The second kappa shape index (κ2) is 7.38. The summed E-state index contributed by atoms with van der Waals surface area (Å²) in [6.45, 7) is 1.78. The zero-order valence-electron chi connectivity index (χ0n) is 13.9. The van der Waals surface area contributed by atoms with Crippen molar-refractivity contribution < 1.29 is 14.3 Å². The lowest BCUT2D eigenvalue weighted by Gasteiger charge is -2.30. The van der Waals surface area contributed by atoms with Gasteiger partial charge in [-0.2, -0.15) is 0 Å². The number of methoxy groups -OCH3 is 1. The number of hydrogen-bond donors (Lipinski definition) is 2. The first kappa shape index (κ1) is 16.4. The number of benzene rings is 1. The van der Waals surface area contributed by atoms with Gasteiger partial charge in [-0.1, -0.05) is 18.2 Å². The summed E-state index contributed by atoms with van der Waals surface area (Å²) in [5.41, 5.74) is 2.33. The van der Waals surface area contributed by atoms with E-state index in [1.807, 2.05) is 24.4 Å². The molecule has 1 saturated heterocycles. The van der Waals surface area contributed by atoms with Gasteiger partial charge in [-0.25, -0.2) is 4.79 Å². The van der Waals surface area contributed by atoms with E-state index in [2.05, 4.69) is 16.4 Å². The van der Waals surface area contributed by atoms with E-state index in [4.69, 9.17) is 4.74 Å². The number of H-pyrrole nitrogens is 1. The lowest BCUT2D eigenvalue weighted by Crippen LogP contribution is -2.43. The molecule has 2 amide bonds. The van der Waals surface area contributed by atoms with E-state index >= 15 is 0 Å². The standard InChI is InChI=1S/C18H23N3O3/c1-24-18(23)21-10-7-13(8-11-21)17(22)19-9-6-14-12-20-16-5-3-2-4-15(14)16/h2-5,12-13,20H,6-11H2,1H3,(H,19,22). The van der Waals surface area contributed by atoms with Gasteiger partial charge in [-0.15, -0.1) is 0 Å². The predicted octanol–water partition coefficient (Wildman–Crippen LogP) is 2.30. The molecular formula is C18H23N3O3. The van der Waals surface area contributed by atoms with Crippen LogP contribution < -0.4 is 5.32 Å². The largest absolute Gasteiger partial charge is 0.453 e. The first-order chi connectivity index (χ1) is 11.7. The van der Waals surface area contributed by atoms with Crippen LogP contribution in [0.15, 0.2) is 30.5 Å². The third-order valence-corrected chi connectivity index (χ3v) is 4.67. The third-order valence-electron chi connectivity index (χ3n) is 4.67. The molecule has 1 fully saturated rings. The number of para-hydroxylation sites is 1. The van der Waals surface area contributed by atoms with Gasteiger partial charge in [0.15, 0.2) is 0 Å². The van der Waals surface area contributed by atoms with Crippen molar-refractivity contribution in [2.45, 2.75) is 19.3 Å². The number of aromatic nitrogens is 1. The lowest BCUT2D eigenvalue weighted by atomic mass is 9.96. The summed E-state index contributed by atoms with van der Waals surface area (Å²) in [4.78, 5) is 28.6. The van der Waals surface area contributed by atoms with Crippen molar-refractivity contribution >= 4 is 22.9 Å². The summed E-state index contributed by atoms with van der Waals surface area (Å²) in [5.74, 6) is 0.0632. The zero-order chi connectivity index (χ0) is 16.9. The van der Waals surface area contributed by atoms with Gasteiger partial charge in [-0.05, 0) is 30.9 Å². The van der Waals surface area contributed by atoms with Gasteiger partial charge in [0, 0.05) is 42.7 Å². The van der Waals surface area contributed by atoms with Gasteiger partial charge in [0.2, 0.25) is 5.91 Å². The Morgan fingerprint density at radius 1 is 1.29 bits per heavy atom. The van der Waals surface area contributed by atoms with Crippen molar-refractivity contribution in [3.8, 4) is 0 Å². The SMILES string of the molecule is COC(=O)N1CCC(C(=O)NCCc2c[nH]c3ccccc23)CC1. The summed E-state index contributed by atoms with van der Waals surface area (Å²) in [6.07, 6.45) is 3.87. The molecule has 0 radical (unpaired) electrons. The van der Waals surface area contributed by atoms with Crippen LogP contribution in [0.1, 0.15) is 18.4 Å². The van der Waals surface area contributed by atoms with Gasteiger partial charge in [0.05, 0.1) is 7.11 Å². The number of amides is 2. The average molecular weight is 329 g/mol. The maximum absolute atomic E-state index is 12.3. The van der Waals surface area contributed by atoms with Gasteiger partial charge < -0.3 is 19.9 Å². The van der Waals surface area contributed by atoms with Crippen molar-refractivity contribution in [2.24, 2.45) is 5.92 Å². The van der Waals surface area contributed by atoms with Gasteiger partial charge in [0.1, 0.15) is 0 Å². The number of carbonyl (C=O) groups excluding carboxylic acids is 2. The minimum atomic E-state index is -0.312. The minimum absolute atomic E-state index is 0.0196. The number of ether oxygens (including phenoxy) is 1. The molecule has 0 unspecified atom stereocenters. The van der Waals surface area contributed by atoms with Gasteiger partial charge in [-0.3, -0.25) is 4.79 Å². The number of carbonyl (C=O) groups is 2. The molecular weight excluding hydrogens is 306 g/mol. The number of nitrogens with zero attached hydrogens (tertiary/aromatic N) is 1. The Morgan fingerprint density at radius 2 is 2.04 bits per heavy atom. The molecule has 2 aromatic rings. The second-order valence-electron chi connectivity index (χ2n) is 6.13. The Hall–Kier alpha value is -2.50. The Labute approximate surface area is 141 Å². The van der Waals surface area contributed by atoms with Crippen LogP contribution in [-0.4, -0.2) is 48.6 Å². The summed E-state index contributed by atoms with van der Waals surface area (Å²) in [6, 6.07) is 8.16. The van der Waals surface area contributed by atoms with E-state index in [1.165, 1.54) is 18.1 Å². The van der Waals surface area contributed by atoms with E-state index in [0.717, 1.165) is 11.9 Å². The van der Waals surface area contributed by atoms with Gasteiger partial charge >= 0.3 is 6.09 Å². The molecule has 2 N–H and O–H groups in total. The highest BCUT2D eigenvalue weighted by Crippen LogP contribution is 2.19. The van der Waals surface area contributed by atoms with Crippen molar-refractivity contribution in [2.75, 3.05) is 26.7 Å². The van der Waals surface area contributed by atoms with Gasteiger partial charge in [0.25, 0.3) is 0 Å². The molecule has 2 heterocycles. The zero-order valence-corrected chi connectivity index (χ0v) is 13.9. The molecule has 0 aliphatic carbocycles. The highest BCUT2D eigenvalue weighted by molar-refractivity contribution is 5.83. The maximum atomic E-state index is 12.3. The van der Waals surface area contributed by atoms with E-state index in [1.54, 1.807) is 4.90 Å². The Balaban J connectivity index is 1.46. The Bertz CT molecular complexity index is 717. The smallest absolute Gasteiger partial charge is 0.409 e. The minimum Gasteiger partial charge on any atom is -0.453 e. The van der Waals surface area contributed by atoms with Crippen LogP contribution >= 0.6 is 0 Å². The number of piperidine rings is 1. The van der Waals surface area contributed by atoms with Crippen molar-refractivity contribution in [1.82, 2.24) is 15.2 Å². The molecule has 24 heavy (non-hydrogen) atoms. The molecule has 1 aromatic carbocycles. The van der Waals surface area contributed by atoms with Crippen LogP contribution in [0.25, 0.3) is 10.9 Å². The second-order valence-corrected chi connectivity index (χ2v) is 6.13. The van der Waals surface area contributed by atoms with Crippen LogP contribution in [-0.2, 0) is 16.0 Å². The molecule has 0 bridgehead atoms. The topological polar surface area (TPSA) is 74.4 Å². The quantitative estimate of drug-likeness (QED) is 0.904. The molecule has 128 valence electrons. The van der Waals surface area contributed by atoms with Crippen molar-refractivity contribution in [3.63, 3.8) is 0 Å². The number of fused-ring (bicyclic) bond motifs is 1. The molecule has 6 heteroatoms. The molecule has 1 aliphatic rings. The van der Waals surface area contributed by atoms with Crippen molar-refractivity contribution in [3.05, 3.63) is 36.0 Å². The van der Waals surface area contributed by atoms with E-state index in [9.17, 15) is 9.59 Å². The maximum Gasteiger partial charge on any atom is 0.409 e. The molecule has 6 nitrogen and oxygen atoms in total. The number of nitrogens with one attached hydrogen (secondary N) is 2. The lowest BCUT2D eigenvalue weighted by molar-refractivity contribution is -0.126. The predicted molar refractivity (Wildman–Crippen MR) is 91.7 cm³/mol. The summed E-state index contributed by atoms with van der Waals surface area (Å²) in [7, 11) is 1.38. The summed E-state index contributed by atoms with van der Waals surface area (Å²) >= 11 is 0. The highest BCUT2D eigenvalue weighted by atomic mass is 16.5. The molecule has 0 saturated carbocycles. The Morgan fingerprint density at radius 3 is 2.79 bits per heavy atom. The highest BCUT2D eigenvalue weighted by Gasteiger charge is 2.27. The first-order valence-corrected chi connectivity index (χ1v) is 8.34. The van der Waals surface area contributed by atoms with E-state index < -0.39 is 0 Å². The number of rotatable bonds is 4. The monoisotopic (exact) mass is 329 g/mol. The molecule has 3 rings (SSSR count). The van der Waals surface area contributed by atoms with Crippen LogP contribution in [0.4, 0.5) is 4.79 Å². The van der Waals surface area contributed by atoms with E-state index in [0.29, 0.717) is 32.5 Å². The fraction of sp³-hybridized carbons (Fsp3) is 0.444.